The Hall–Kier alpha value is -2.66. The lowest BCUT2D eigenvalue weighted by atomic mass is 9.90. The lowest BCUT2D eigenvalue weighted by Gasteiger charge is -2.31. The Bertz CT molecular complexity index is 827. The summed E-state index contributed by atoms with van der Waals surface area (Å²) >= 11 is 0. The highest BCUT2D eigenvalue weighted by atomic mass is 16.2. The zero-order valence-electron chi connectivity index (χ0n) is 17.4. The van der Waals surface area contributed by atoms with Gasteiger partial charge in [-0.3, -0.25) is 14.5 Å². The summed E-state index contributed by atoms with van der Waals surface area (Å²) in [6.45, 7) is 6.20. The van der Waals surface area contributed by atoms with E-state index in [0.717, 1.165) is 49.2 Å². The first-order chi connectivity index (χ1) is 14.0. The molecule has 5 nitrogen and oxygen atoms in total. The summed E-state index contributed by atoms with van der Waals surface area (Å²) in [6.07, 6.45) is 3.32. The third kappa shape index (κ3) is 6.43. The van der Waals surface area contributed by atoms with Crippen LogP contribution in [-0.4, -0.2) is 42.9 Å². The monoisotopic (exact) mass is 393 g/mol. The van der Waals surface area contributed by atoms with E-state index in [2.05, 4.69) is 39.8 Å². The minimum absolute atomic E-state index is 0.00329. The number of piperidine rings is 1. The van der Waals surface area contributed by atoms with Gasteiger partial charge in [0.2, 0.25) is 11.8 Å². The molecule has 0 bridgehead atoms. The maximum absolute atomic E-state index is 12.2. The fourth-order valence-corrected chi connectivity index (χ4v) is 3.81. The van der Waals surface area contributed by atoms with Crippen LogP contribution in [0.5, 0.6) is 0 Å². The Morgan fingerprint density at radius 1 is 0.966 bits per heavy atom. The molecule has 0 aromatic heterocycles. The summed E-state index contributed by atoms with van der Waals surface area (Å²) < 4.78 is 0. The molecule has 0 atom stereocenters. The molecule has 0 radical (unpaired) electrons. The van der Waals surface area contributed by atoms with Gasteiger partial charge < -0.3 is 10.6 Å². The van der Waals surface area contributed by atoms with Gasteiger partial charge in [-0.25, -0.2) is 0 Å². The molecule has 2 aromatic rings. The zero-order chi connectivity index (χ0) is 20.6. The zero-order valence-corrected chi connectivity index (χ0v) is 17.4. The highest BCUT2D eigenvalue weighted by Gasteiger charge is 2.21. The first-order valence-corrected chi connectivity index (χ1v) is 10.4. The molecule has 1 fully saturated rings. The Morgan fingerprint density at radius 3 is 2.41 bits per heavy atom. The van der Waals surface area contributed by atoms with Crippen molar-refractivity contribution in [3.63, 3.8) is 0 Å². The van der Waals surface area contributed by atoms with Gasteiger partial charge in [-0.05, 0) is 74.9 Å². The second-order valence-corrected chi connectivity index (χ2v) is 7.98. The van der Waals surface area contributed by atoms with Crippen molar-refractivity contribution in [2.24, 2.45) is 5.92 Å². The van der Waals surface area contributed by atoms with Crippen molar-refractivity contribution in [3.8, 4) is 0 Å². The Balaban J connectivity index is 1.36. The van der Waals surface area contributed by atoms with E-state index >= 15 is 0 Å². The van der Waals surface area contributed by atoms with Crippen LogP contribution in [0.1, 0.15) is 29.5 Å². The SMILES string of the molecule is Cc1cccc(NC(=O)CNC(=O)CN2CCC(Cc3ccccc3)CC2)c1C. The standard InChI is InChI=1S/C24H31N3O2/c1-18-7-6-10-22(19(18)2)26-23(28)16-25-24(29)17-27-13-11-21(12-14-27)15-20-8-4-3-5-9-20/h3-10,21H,11-17H2,1-2H3,(H,25,29)(H,26,28). The van der Waals surface area contributed by atoms with Gasteiger partial charge in [0, 0.05) is 5.69 Å². The topological polar surface area (TPSA) is 61.4 Å². The Kier molecular flexibility index (Phi) is 7.42. The molecule has 2 aromatic carbocycles. The van der Waals surface area contributed by atoms with Gasteiger partial charge in [0.15, 0.2) is 0 Å². The number of rotatable bonds is 7. The molecule has 3 rings (SSSR count). The van der Waals surface area contributed by atoms with Gasteiger partial charge in [0.05, 0.1) is 13.1 Å². The molecular formula is C24H31N3O2. The number of hydrogen-bond acceptors (Lipinski definition) is 3. The fourth-order valence-electron chi connectivity index (χ4n) is 3.81. The van der Waals surface area contributed by atoms with Gasteiger partial charge in [0.25, 0.3) is 0 Å². The van der Waals surface area contributed by atoms with Gasteiger partial charge in [-0.2, -0.15) is 0 Å². The van der Waals surface area contributed by atoms with Crippen LogP contribution >= 0.6 is 0 Å². The second-order valence-electron chi connectivity index (χ2n) is 7.98. The summed E-state index contributed by atoms with van der Waals surface area (Å²) in [5, 5.41) is 5.61. The molecule has 2 N–H and O–H groups in total. The maximum atomic E-state index is 12.2. The van der Waals surface area contributed by atoms with Gasteiger partial charge in [0.1, 0.15) is 0 Å². The number of benzene rings is 2. The van der Waals surface area contributed by atoms with E-state index in [1.165, 1.54) is 5.56 Å². The lowest BCUT2D eigenvalue weighted by molar-refractivity contribution is -0.125. The third-order valence-corrected chi connectivity index (χ3v) is 5.77. The van der Waals surface area contributed by atoms with Crippen molar-refractivity contribution in [3.05, 3.63) is 65.2 Å². The Labute approximate surface area is 173 Å². The summed E-state index contributed by atoms with van der Waals surface area (Å²) in [7, 11) is 0. The van der Waals surface area contributed by atoms with E-state index in [1.54, 1.807) is 0 Å². The summed E-state index contributed by atoms with van der Waals surface area (Å²) in [5.41, 5.74) is 4.36. The predicted molar refractivity (Wildman–Crippen MR) is 117 cm³/mol. The number of anilines is 1. The molecule has 0 aliphatic carbocycles. The molecule has 0 saturated carbocycles. The van der Waals surface area contributed by atoms with E-state index in [9.17, 15) is 9.59 Å². The van der Waals surface area contributed by atoms with E-state index in [-0.39, 0.29) is 18.4 Å². The van der Waals surface area contributed by atoms with Crippen LogP contribution in [0, 0.1) is 19.8 Å². The van der Waals surface area contributed by atoms with E-state index in [1.807, 2.05) is 38.1 Å². The number of aryl methyl sites for hydroxylation is 1. The Morgan fingerprint density at radius 2 is 1.69 bits per heavy atom. The molecule has 0 unspecified atom stereocenters. The van der Waals surface area contributed by atoms with Crippen LogP contribution in [-0.2, 0) is 16.0 Å². The number of nitrogens with one attached hydrogen (secondary N) is 2. The molecule has 154 valence electrons. The molecule has 0 spiro atoms. The average molecular weight is 394 g/mol. The minimum atomic E-state index is -0.200. The second kappa shape index (κ2) is 10.2. The maximum Gasteiger partial charge on any atom is 0.243 e. The van der Waals surface area contributed by atoms with Crippen LogP contribution < -0.4 is 10.6 Å². The van der Waals surface area contributed by atoms with Gasteiger partial charge in [-0.1, -0.05) is 42.5 Å². The van der Waals surface area contributed by atoms with Crippen molar-refractivity contribution in [1.29, 1.82) is 0 Å². The molecule has 5 heteroatoms. The van der Waals surface area contributed by atoms with Gasteiger partial charge >= 0.3 is 0 Å². The van der Waals surface area contributed by atoms with Gasteiger partial charge in [-0.15, -0.1) is 0 Å². The number of nitrogens with zero attached hydrogens (tertiary/aromatic N) is 1. The molecule has 1 aliphatic heterocycles. The van der Waals surface area contributed by atoms with E-state index < -0.39 is 0 Å². The summed E-state index contributed by atoms with van der Waals surface area (Å²) in [4.78, 5) is 26.6. The normalized spacial score (nSPS) is 15.1. The van der Waals surface area contributed by atoms with E-state index in [0.29, 0.717) is 12.5 Å². The summed E-state index contributed by atoms with van der Waals surface area (Å²) in [5.74, 6) is 0.385. The molecule has 29 heavy (non-hydrogen) atoms. The number of hydrogen-bond donors (Lipinski definition) is 2. The van der Waals surface area contributed by atoms with Crippen molar-refractivity contribution in [2.75, 3.05) is 31.5 Å². The summed E-state index contributed by atoms with van der Waals surface area (Å²) in [6, 6.07) is 16.4. The molecule has 1 heterocycles. The fraction of sp³-hybridized carbons (Fsp3) is 0.417. The van der Waals surface area contributed by atoms with Crippen LogP contribution in [0.25, 0.3) is 0 Å². The van der Waals surface area contributed by atoms with Crippen molar-refractivity contribution in [1.82, 2.24) is 10.2 Å². The first kappa shape index (κ1) is 21.1. The lowest BCUT2D eigenvalue weighted by Crippen LogP contribution is -2.43. The highest BCUT2D eigenvalue weighted by molar-refractivity contribution is 5.95. The molecule has 2 amide bonds. The largest absolute Gasteiger partial charge is 0.346 e. The number of amides is 2. The predicted octanol–water partition coefficient (Wildman–Crippen LogP) is 3.31. The molecule has 1 saturated heterocycles. The molecular weight excluding hydrogens is 362 g/mol. The van der Waals surface area contributed by atoms with Crippen LogP contribution in [0.4, 0.5) is 5.69 Å². The number of carbonyl (C=O) groups excluding carboxylic acids is 2. The average Bonchev–Trinajstić information content (AvgIpc) is 2.72. The van der Waals surface area contributed by atoms with Crippen molar-refractivity contribution in [2.45, 2.75) is 33.1 Å². The highest BCUT2D eigenvalue weighted by Crippen LogP contribution is 2.21. The van der Waals surface area contributed by atoms with E-state index in [4.69, 9.17) is 0 Å². The smallest absolute Gasteiger partial charge is 0.243 e. The van der Waals surface area contributed by atoms with Crippen LogP contribution in [0.3, 0.4) is 0 Å². The quantitative estimate of drug-likeness (QED) is 0.759. The third-order valence-electron chi connectivity index (χ3n) is 5.77. The van der Waals surface area contributed by atoms with Crippen molar-refractivity contribution < 1.29 is 9.59 Å². The number of carbonyl (C=O) groups is 2. The van der Waals surface area contributed by atoms with Crippen molar-refractivity contribution >= 4 is 17.5 Å². The first-order valence-electron chi connectivity index (χ1n) is 10.4. The van der Waals surface area contributed by atoms with Crippen LogP contribution in [0.2, 0.25) is 0 Å². The number of likely N-dealkylation sites (tertiary alicyclic amines) is 1. The molecule has 1 aliphatic rings. The minimum Gasteiger partial charge on any atom is -0.346 e. The van der Waals surface area contributed by atoms with Crippen LogP contribution in [0.15, 0.2) is 48.5 Å².